The van der Waals surface area contributed by atoms with Crippen molar-refractivity contribution < 1.29 is 23.9 Å². The smallest absolute Gasteiger partial charge is 0.341 e. The van der Waals surface area contributed by atoms with E-state index in [0.29, 0.717) is 16.5 Å². The summed E-state index contributed by atoms with van der Waals surface area (Å²) in [6.45, 7) is 6.95. The summed E-state index contributed by atoms with van der Waals surface area (Å²) in [5.74, 6) is -0.786. The van der Waals surface area contributed by atoms with E-state index in [9.17, 15) is 14.4 Å². The molecule has 2 rings (SSSR count). The van der Waals surface area contributed by atoms with Gasteiger partial charge in [0.25, 0.3) is 5.91 Å². The molecule has 1 amide bonds. The Morgan fingerprint density at radius 1 is 1.32 bits per heavy atom. The number of ether oxygens (including phenoxy) is 2. The van der Waals surface area contributed by atoms with Crippen molar-refractivity contribution in [1.29, 1.82) is 0 Å². The van der Waals surface area contributed by atoms with E-state index in [-0.39, 0.29) is 6.61 Å². The number of nitrogens with one attached hydrogen (secondary N) is 1. The van der Waals surface area contributed by atoms with E-state index in [1.165, 1.54) is 25.2 Å². The highest BCUT2D eigenvalue weighted by atomic mass is 32.1. The van der Waals surface area contributed by atoms with Gasteiger partial charge in [0.2, 0.25) is 0 Å². The van der Waals surface area contributed by atoms with Crippen molar-refractivity contribution in [3.63, 3.8) is 0 Å². The van der Waals surface area contributed by atoms with Crippen LogP contribution in [0.3, 0.4) is 0 Å². The first-order valence-corrected chi connectivity index (χ1v) is 9.48. The molecule has 1 N–H and O–H groups in total. The zero-order valence-corrected chi connectivity index (χ0v) is 16.0. The second-order valence-corrected chi connectivity index (χ2v) is 7.29. The lowest BCUT2D eigenvalue weighted by atomic mass is 9.85. The van der Waals surface area contributed by atoms with E-state index in [4.69, 9.17) is 9.47 Å². The van der Waals surface area contributed by atoms with Gasteiger partial charge in [-0.05, 0) is 44.6 Å². The summed E-state index contributed by atoms with van der Waals surface area (Å²) in [5, 5.41) is 3.24. The third-order valence-corrected chi connectivity index (χ3v) is 5.54. The number of hydrogen-bond donors (Lipinski definition) is 1. The van der Waals surface area contributed by atoms with E-state index < -0.39 is 23.9 Å². The van der Waals surface area contributed by atoms with Crippen molar-refractivity contribution >= 4 is 34.2 Å². The molecule has 1 aliphatic carbocycles. The summed E-state index contributed by atoms with van der Waals surface area (Å²) in [6.07, 6.45) is 2.93. The molecule has 1 aromatic heterocycles. The van der Waals surface area contributed by atoms with E-state index in [1.807, 2.05) is 0 Å². The topological polar surface area (TPSA) is 81.7 Å². The van der Waals surface area contributed by atoms with E-state index in [0.717, 1.165) is 36.1 Å². The van der Waals surface area contributed by atoms with Gasteiger partial charge in [-0.2, -0.15) is 0 Å². The Labute approximate surface area is 151 Å². The monoisotopic (exact) mass is 367 g/mol. The molecule has 1 aliphatic rings. The van der Waals surface area contributed by atoms with Crippen LogP contribution >= 0.6 is 11.3 Å². The van der Waals surface area contributed by atoms with Crippen molar-refractivity contribution in [2.45, 2.75) is 59.5 Å². The molecule has 1 aromatic rings. The molecule has 0 spiro atoms. The highest BCUT2D eigenvalue weighted by Crippen LogP contribution is 2.40. The number of thiophene rings is 1. The summed E-state index contributed by atoms with van der Waals surface area (Å²) < 4.78 is 10.1. The maximum atomic E-state index is 12.4. The molecule has 138 valence electrons. The summed E-state index contributed by atoms with van der Waals surface area (Å²) in [7, 11) is 0. The quantitative estimate of drug-likeness (QED) is 0.780. The number of rotatable bonds is 6. The fraction of sp³-hybridized carbons (Fsp3) is 0.611. The molecule has 0 bridgehead atoms. The highest BCUT2D eigenvalue weighted by Gasteiger charge is 2.30. The molecule has 1 heterocycles. The number of fused-ring (bicyclic) bond motifs is 1. The molecular weight excluding hydrogens is 342 g/mol. The van der Waals surface area contributed by atoms with E-state index >= 15 is 0 Å². The first-order valence-electron chi connectivity index (χ1n) is 8.67. The predicted octanol–water partition coefficient (Wildman–Crippen LogP) is 3.33. The minimum atomic E-state index is -0.921. The molecule has 0 saturated heterocycles. The summed E-state index contributed by atoms with van der Waals surface area (Å²) in [6, 6.07) is 0. The Bertz CT molecular complexity index is 667. The standard InChI is InChI=1S/C18H25NO5S/c1-5-12-7-8-13-14(9-12)25-17(15(13)18(22)23-6-2)19-16(21)10(3)24-11(4)20/h10,12H,5-9H2,1-4H3,(H,19,21)/t10-,12-/m0/s1. The van der Waals surface area contributed by atoms with Crippen LogP contribution in [0.25, 0.3) is 0 Å². The van der Waals surface area contributed by atoms with Crippen LogP contribution in [0.1, 0.15) is 61.3 Å². The lowest BCUT2D eigenvalue weighted by Gasteiger charge is -2.21. The second kappa shape index (κ2) is 8.47. The maximum absolute atomic E-state index is 12.4. The third-order valence-electron chi connectivity index (χ3n) is 4.37. The van der Waals surface area contributed by atoms with Gasteiger partial charge in [0, 0.05) is 11.8 Å². The molecule has 0 radical (unpaired) electrons. The van der Waals surface area contributed by atoms with Crippen LogP contribution in [-0.4, -0.2) is 30.6 Å². The van der Waals surface area contributed by atoms with Crippen LogP contribution in [0.4, 0.5) is 5.00 Å². The average Bonchev–Trinajstić information content (AvgIpc) is 2.91. The number of amides is 1. The van der Waals surface area contributed by atoms with Gasteiger partial charge in [-0.15, -0.1) is 11.3 Å². The van der Waals surface area contributed by atoms with Crippen molar-refractivity contribution in [2.24, 2.45) is 5.92 Å². The van der Waals surface area contributed by atoms with Gasteiger partial charge in [0.05, 0.1) is 12.2 Å². The molecule has 6 nitrogen and oxygen atoms in total. The Kier molecular flexibility index (Phi) is 6.58. The van der Waals surface area contributed by atoms with Gasteiger partial charge in [-0.25, -0.2) is 4.79 Å². The van der Waals surface area contributed by atoms with Gasteiger partial charge >= 0.3 is 11.9 Å². The third kappa shape index (κ3) is 4.60. The lowest BCUT2D eigenvalue weighted by molar-refractivity contribution is -0.150. The number of carbonyl (C=O) groups excluding carboxylic acids is 3. The molecule has 0 unspecified atom stereocenters. The molecule has 0 fully saturated rings. The number of hydrogen-bond acceptors (Lipinski definition) is 6. The largest absolute Gasteiger partial charge is 0.462 e. The van der Waals surface area contributed by atoms with Gasteiger partial charge in [0.15, 0.2) is 6.10 Å². The molecule has 0 aliphatic heterocycles. The number of esters is 2. The summed E-state index contributed by atoms with van der Waals surface area (Å²) >= 11 is 1.43. The van der Waals surface area contributed by atoms with Crippen LogP contribution in [0.5, 0.6) is 0 Å². The highest BCUT2D eigenvalue weighted by molar-refractivity contribution is 7.17. The zero-order chi connectivity index (χ0) is 18.6. The Morgan fingerprint density at radius 3 is 2.64 bits per heavy atom. The SMILES string of the molecule is CCOC(=O)c1c(NC(=O)[C@H](C)OC(C)=O)sc2c1CC[C@H](CC)C2. The second-order valence-electron chi connectivity index (χ2n) is 6.19. The number of anilines is 1. The molecule has 2 atom stereocenters. The minimum Gasteiger partial charge on any atom is -0.462 e. The van der Waals surface area contributed by atoms with E-state index in [1.54, 1.807) is 6.92 Å². The molecule has 0 aromatic carbocycles. The van der Waals surface area contributed by atoms with Crippen molar-refractivity contribution in [2.75, 3.05) is 11.9 Å². The van der Waals surface area contributed by atoms with Crippen molar-refractivity contribution in [3.8, 4) is 0 Å². The molecular formula is C18H25NO5S. The minimum absolute atomic E-state index is 0.276. The Balaban J connectivity index is 2.30. The molecule has 0 saturated carbocycles. The van der Waals surface area contributed by atoms with Crippen LogP contribution in [0, 0.1) is 5.92 Å². The van der Waals surface area contributed by atoms with Crippen LogP contribution in [0.15, 0.2) is 0 Å². The van der Waals surface area contributed by atoms with Crippen LogP contribution in [-0.2, 0) is 31.9 Å². The maximum Gasteiger partial charge on any atom is 0.341 e. The predicted molar refractivity (Wildman–Crippen MR) is 95.9 cm³/mol. The Morgan fingerprint density at radius 2 is 2.04 bits per heavy atom. The summed E-state index contributed by atoms with van der Waals surface area (Å²) in [4.78, 5) is 36.9. The zero-order valence-electron chi connectivity index (χ0n) is 15.1. The summed E-state index contributed by atoms with van der Waals surface area (Å²) in [5.41, 5.74) is 1.45. The van der Waals surface area contributed by atoms with Gasteiger partial charge < -0.3 is 14.8 Å². The molecule has 7 heteroatoms. The first kappa shape index (κ1) is 19.4. The fourth-order valence-electron chi connectivity index (χ4n) is 3.03. The van der Waals surface area contributed by atoms with Crippen molar-refractivity contribution in [1.82, 2.24) is 0 Å². The van der Waals surface area contributed by atoms with Crippen molar-refractivity contribution in [3.05, 3.63) is 16.0 Å². The molecule has 25 heavy (non-hydrogen) atoms. The fourth-order valence-corrected chi connectivity index (χ4v) is 4.38. The average molecular weight is 367 g/mol. The Hall–Kier alpha value is -1.89. The van der Waals surface area contributed by atoms with E-state index in [2.05, 4.69) is 12.2 Å². The van der Waals surface area contributed by atoms with Gasteiger partial charge in [-0.3, -0.25) is 9.59 Å². The lowest BCUT2D eigenvalue weighted by Crippen LogP contribution is -2.29. The normalized spacial score (nSPS) is 17.4. The van der Waals surface area contributed by atoms with Gasteiger partial charge in [0.1, 0.15) is 5.00 Å². The van der Waals surface area contributed by atoms with Crippen LogP contribution in [0.2, 0.25) is 0 Å². The number of carbonyl (C=O) groups is 3. The van der Waals surface area contributed by atoms with Gasteiger partial charge in [-0.1, -0.05) is 13.3 Å². The van der Waals surface area contributed by atoms with Crippen LogP contribution < -0.4 is 5.32 Å². The first-order chi connectivity index (χ1) is 11.9.